The molecule has 0 atom stereocenters. The zero-order valence-corrected chi connectivity index (χ0v) is 12.1. The van der Waals surface area contributed by atoms with Crippen LogP contribution in [0.25, 0.3) is 21.7 Å². The fraction of sp³-hybridized carbons (Fsp3) is 0.0588. The highest BCUT2D eigenvalue weighted by molar-refractivity contribution is 7.13. The molecule has 0 saturated heterocycles. The van der Waals surface area contributed by atoms with E-state index in [1.54, 1.807) is 17.5 Å². The summed E-state index contributed by atoms with van der Waals surface area (Å²) in [5.41, 5.74) is 4.52. The van der Waals surface area contributed by atoms with Gasteiger partial charge in [0.15, 0.2) is 0 Å². The molecule has 0 radical (unpaired) electrons. The number of nitrogens with zero attached hydrogens (tertiary/aromatic N) is 2. The first-order valence-electron chi connectivity index (χ1n) is 6.62. The molecule has 104 valence electrons. The Morgan fingerprint density at radius 3 is 2.67 bits per heavy atom. The molecule has 3 aromatic rings. The van der Waals surface area contributed by atoms with Crippen LogP contribution in [0.4, 0.5) is 0 Å². The van der Waals surface area contributed by atoms with Crippen molar-refractivity contribution in [3.05, 3.63) is 65.7 Å². The van der Waals surface area contributed by atoms with Gasteiger partial charge < -0.3 is 5.21 Å². The molecule has 21 heavy (non-hydrogen) atoms. The number of aromatic nitrogens is 1. The van der Waals surface area contributed by atoms with Gasteiger partial charge in [0.2, 0.25) is 0 Å². The van der Waals surface area contributed by atoms with Crippen molar-refractivity contribution in [1.29, 1.82) is 0 Å². The van der Waals surface area contributed by atoms with Gasteiger partial charge in [-0.2, -0.15) is 0 Å². The van der Waals surface area contributed by atoms with Crippen molar-refractivity contribution in [3.63, 3.8) is 0 Å². The maximum Gasteiger partial charge on any atom is 0.123 e. The summed E-state index contributed by atoms with van der Waals surface area (Å²) in [4.78, 5) is 4.40. The number of hydrogen-bond donors (Lipinski definition) is 1. The highest BCUT2D eigenvalue weighted by Gasteiger charge is 2.09. The lowest BCUT2D eigenvalue weighted by Gasteiger charge is -2.09. The number of thiazole rings is 1. The summed E-state index contributed by atoms with van der Waals surface area (Å²) in [5, 5.41) is 14.7. The largest absolute Gasteiger partial charge is 0.411 e. The molecule has 0 fully saturated rings. The Morgan fingerprint density at radius 1 is 1.10 bits per heavy atom. The van der Waals surface area contributed by atoms with Gasteiger partial charge in [-0.05, 0) is 22.8 Å². The van der Waals surface area contributed by atoms with Crippen molar-refractivity contribution in [1.82, 2.24) is 4.98 Å². The summed E-state index contributed by atoms with van der Waals surface area (Å²) < 4.78 is 0. The second-order valence-electron chi connectivity index (χ2n) is 4.58. The van der Waals surface area contributed by atoms with E-state index in [0.29, 0.717) is 6.42 Å². The van der Waals surface area contributed by atoms with E-state index in [1.165, 1.54) is 11.8 Å². The van der Waals surface area contributed by atoms with E-state index >= 15 is 0 Å². The standard InChI is InChI=1S/C17H14N2OS/c20-19-9-8-14-6-7-15(13-4-2-1-3-5-13)12-16(14)17-18-10-11-21-17/h1-7,9-12,20H,8H2. The molecule has 0 aliphatic heterocycles. The molecule has 0 unspecified atom stereocenters. The summed E-state index contributed by atoms with van der Waals surface area (Å²) in [6.07, 6.45) is 3.88. The Bertz CT molecular complexity index is 737. The SMILES string of the molecule is ON=CCc1ccc(-c2ccccc2)cc1-c1nccs1. The minimum atomic E-state index is 0.584. The van der Waals surface area contributed by atoms with Crippen LogP contribution in [-0.4, -0.2) is 16.4 Å². The summed E-state index contributed by atoms with van der Waals surface area (Å²) in [7, 11) is 0. The molecule has 0 aliphatic rings. The molecule has 0 saturated carbocycles. The molecule has 3 rings (SSSR count). The van der Waals surface area contributed by atoms with E-state index in [-0.39, 0.29) is 0 Å². The van der Waals surface area contributed by atoms with Crippen LogP contribution in [0.1, 0.15) is 5.56 Å². The number of benzene rings is 2. The van der Waals surface area contributed by atoms with Crippen LogP contribution in [-0.2, 0) is 6.42 Å². The maximum atomic E-state index is 8.64. The van der Waals surface area contributed by atoms with Gasteiger partial charge in [0.25, 0.3) is 0 Å². The number of rotatable bonds is 4. The van der Waals surface area contributed by atoms with Crippen LogP contribution in [0.15, 0.2) is 65.3 Å². The van der Waals surface area contributed by atoms with Crippen LogP contribution >= 0.6 is 11.3 Å². The van der Waals surface area contributed by atoms with Crippen molar-refractivity contribution >= 4 is 17.6 Å². The first-order valence-corrected chi connectivity index (χ1v) is 7.50. The molecule has 0 spiro atoms. The molecule has 2 aromatic carbocycles. The zero-order chi connectivity index (χ0) is 14.5. The highest BCUT2D eigenvalue weighted by atomic mass is 32.1. The summed E-state index contributed by atoms with van der Waals surface area (Å²) in [6, 6.07) is 16.6. The predicted molar refractivity (Wildman–Crippen MR) is 87.0 cm³/mol. The number of hydrogen-bond acceptors (Lipinski definition) is 4. The molecule has 0 aliphatic carbocycles. The second kappa shape index (κ2) is 6.33. The lowest BCUT2D eigenvalue weighted by atomic mass is 9.98. The molecule has 1 aromatic heterocycles. The van der Waals surface area contributed by atoms with Gasteiger partial charge in [-0.15, -0.1) is 16.5 Å². The van der Waals surface area contributed by atoms with Crippen molar-refractivity contribution in [2.24, 2.45) is 5.16 Å². The lowest BCUT2D eigenvalue weighted by Crippen LogP contribution is -1.92. The average Bonchev–Trinajstić information content (AvgIpc) is 3.08. The van der Waals surface area contributed by atoms with E-state index in [0.717, 1.165) is 21.7 Å². The topological polar surface area (TPSA) is 45.5 Å². The van der Waals surface area contributed by atoms with Gasteiger partial charge in [0.1, 0.15) is 5.01 Å². The maximum absolute atomic E-state index is 8.64. The smallest absolute Gasteiger partial charge is 0.123 e. The van der Waals surface area contributed by atoms with E-state index in [1.807, 2.05) is 23.6 Å². The monoisotopic (exact) mass is 294 g/mol. The van der Waals surface area contributed by atoms with Gasteiger partial charge in [0, 0.05) is 29.8 Å². The normalized spacial score (nSPS) is 11.0. The van der Waals surface area contributed by atoms with E-state index < -0.39 is 0 Å². The highest BCUT2D eigenvalue weighted by Crippen LogP contribution is 2.31. The van der Waals surface area contributed by atoms with Gasteiger partial charge >= 0.3 is 0 Å². The van der Waals surface area contributed by atoms with Crippen LogP contribution in [0.3, 0.4) is 0 Å². The molecule has 0 amide bonds. The van der Waals surface area contributed by atoms with Gasteiger partial charge in [-0.25, -0.2) is 4.98 Å². The molecule has 4 heteroatoms. The van der Waals surface area contributed by atoms with Gasteiger partial charge in [0.05, 0.1) is 0 Å². The Morgan fingerprint density at radius 2 is 1.95 bits per heavy atom. The van der Waals surface area contributed by atoms with Crippen molar-refractivity contribution in [2.75, 3.05) is 0 Å². The van der Waals surface area contributed by atoms with Gasteiger partial charge in [-0.1, -0.05) is 42.5 Å². The van der Waals surface area contributed by atoms with E-state index in [9.17, 15) is 0 Å². The fourth-order valence-corrected chi connectivity index (χ4v) is 2.95. The lowest BCUT2D eigenvalue weighted by molar-refractivity contribution is 0.321. The number of oxime groups is 1. The second-order valence-corrected chi connectivity index (χ2v) is 5.47. The minimum absolute atomic E-state index is 0.584. The molecule has 3 nitrogen and oxygen atoms in total. The van der Waals surface area contributed by atoms with Crippen molar-refractivity contribution in [2.45, 2.75) is 6.42 Å². The Kier molecular flexibility index (Phi) is 4.07. The van der Waals surface area contributed by atoms with Crippen LogP contribution in [0.5, 0.6) is 0 Å². The van der Waals surface area contributed by atoms with Crippen molar-refractivity contribution < 1.29 is 5.21 Å². The quantitative estimate of drug-likeness (QED) is 0.438. The fourth-order valence-electron chi connectivity index (χ4n) is 2.26. The average molecular weight is 294 g/mol. The third-order valence-electron chi connectivity index (χ3n) is 3.27. The minimum Gasteiger partial charge on any atom is -0.411 e. The van der Waals surface area contributed by atoms with Gasteiger partial charge in [-0.3, -0.25) is 0 Å². The molecule has 0 bridgehead atoms. The molecular formula is C17H14N2OS. The van der Waals surface area contributed by atoms with Crippen molar-refractivity contribution in [3.8, 4) is 21.7 Å². The first kappa shape index (κ1) is 13.5. The molecule has 1 heterocycles. The van der Waals surface area contributed by atoms with E-state index in [2.05, 4.69) is 40.5 Å². The van der Waals surface area contributed by atoms with E-state index in [4.69, 9.17) is 5.21 Å². The summed E-state index contributed by atoms with van der Waals surface area (Å²) in [5.74, 6) is 0. The molecular weight excluding hydrogens is 280 g/mol. The zero-order valence-electron chi connectivity index (χ0n) is 11.3. The Labute approximate surface area is 127 Å². The third kappa shape index (κ3) is 3.01. The van der Waals surface area contributed by atoms with Crippen LogP contribution < -0.4 is 0 Å². The first-order chi connectivity index (χ1) is 10.4. The Balaban J connectivity index is 2.08. The Hall–Kier alpha value is -2.46. The van der Waals surface area contributed by atoms with Crippen LogP contribution in [0.2, 0.25) is 0 Å². The molecule has 1 N–H and O–H groups in total. The summed E-state index contributed by atoms with van der Waals surface area (Å²) >= 11 is 1.61. The third-order valence-corrected chi connectivity index (χ3v) is 4.08. The summed E-state index contributed by atoms with van der Waals surface area (Å²) in [6.45, 7) is 0. The van der Waals surface area contributed by atoms with Crippen LogP contribution in [0, 0.1) is 0 Å². The predicted octanol–water partition coefficient (Wildman–Crippen LogP) is 4.48.